The summed E-state index contributed by atoms with van der Waals surface area (Å²) in [7, 11) is 3.41. The van der Waals surface area contributed by atoms with Crippen LogP contribution in [0, 0.1) is 12.3 Å². The number of para-hydroxylation sites is 1. The summed E-state index contributed by atoms with van der Waals surface area (Å²) in [6.07, 6.45) is 2.05. The Balaban J connectivity index is 0.00000204. The van der Waals surface area contributed by atoms with Gasteiger partial charge in [-0.25, -0.2) is 0 Å². The van der Waals surface area contributed by atoms with Gasteiger partial charge in [0.1, 0.15) is 0 Å². The first-order valence-electron chi connectivity index (χ1n) is 11.8. The Bertz CT molecular complexity index is 930. The fourth-order valence-corrected chi connectivity index (χ4v) is 5.04. The molecule has 4 rings (SSSR count). The van der Waals surface area contributed by atoms with Crippen LogP contribution < -0.4 is 14.4 Å². The van der Waals surface area contributed by atoms with E-state index < -0.39 is 0 Å². The first kappa shape index (κ1) is 28.6. The number of halogens is 2. The number of hydrogen-bond acceptors (Lipinski definition) is 5. The molecule has 2 aliphatic rings. The van der Waals surface area contributed by atoms with Gasteiger partial charge in [0.2, 0.25) is 0 Å². The smallest absolute Gasteiger partial charge is 0.161 e. The highest BCUT2D eigenvalue weighted by Crippen LogP contribution is 2.41. The Morgan fingerprint density at radius 3 is 2.26 bits per heavy atom. The molecule has 0 aromatic heterocycles. The van der Waals surface area contributed by atoms with Gasteiger partial charge in [-0.15, -0.1) is 24.8 Å². The van der Waals surface area contributed by atoms with Gasteiger partial charge in [-0.3, -0.25) is 4.90 Å². The first-order valence-corrected chi connectivity index (χ1v) is 11.8. The molecule has 0 aliphatic carbocycles. The molecule has 2 aliphatic heterocycles. The van der Waals surface area contributed by atoms with Crippen molar-refractivity contribution < 1.29 is 14.2 Å². The number of rotatable bonds is 6. The topological polar surface area (TPSA) is 34.2 Å². The highest BCUT2D eigenvalue weighted by molar-refractivity contribution is 5.85. The molecule has 2 heterocycles. The normalized spacial score (nSPS) is 19.8. The van der Waals surface area contributed by atoms with Gasteiger partial charge in [0.15, 0.2) is 11.5 Å². The second kappa shape index (κ2) is 12.3. The number of piperazine rings is 1. The second-order valence-corrected chi connectivity index (χ2v) is 9.95. The molecular formula is C27H40Cl2N2O3. The van der Waals surface area contributed by atoms with E-state index >= 15 is 0 Å². The highest BCUT2D eigenvalue weighted by atomic mass is 35.5. The predicted octanol–water partition coefficient (Wildman–Crippen LogP) is 5.71. The summed E-state index contributed by atoms with van der Waals surface area (Å²) in [6, 6.07) is 13.0. The van der Waals surface area contributed by atoms with Crippen molar-refractivity contribution in [3.8, 4) is 11.5 Å². The fraction of sp³-hybridized carbons (Fsp3) is 0.556. The van der Waals surface area contributed by atoms with Gasteiger partial charge in [-0.2, -0.15) is 0 Å². The average molecular weight is 512 g/mol. The molecule has 0 bridgehead atoms. The van der Waals surface area contributed by atoms with E-state index in [1.807, 2.05) is 0 Å². The van der Waals surface area contributed by atoms with Crippen molar-refractivity contribution in [3.63, 3.8) is 0 Å². The summed E-state index contributed by atoms with van der Waals surface area (Å²) in [6.45, 7) is 12.9. The lowest BCUT2D eigenvalue weighted by molar-refractivity contribution is 0.000909. The summed E-state index contributed by atoms with van der Waals surface area (Å²) >= 11 is 0. The lowest BCUT2D eigenvalue weighted by Gasteiger charge is -2.37. The van der Waals surface area contributed by atoms with E-state index in [9.17, 15) is 0 Å². The van der Waals surface area contributed by atoms with Gasteiger partial charge in [0.25, 0.3) is 0 Å². The molecule has 0 amide bonds. The Morgan fingerprint density at radius 2 is 1.62 bits per heavy atom. The summed E-state index contributed by atoms with van der Waals surface area (Å²) < 4.78 is 17.7. The second-order valence-electron chi connectivity index (χ2n) is 9.95. The SMILES string of the molecule is COc1cc2c(cc1OC)C(CCN1CCN(c3ccccc3C)CC1)OCC(C)(C)C2.Cl.Cl. The highest BCUT2D eigenvalue weighted by Gasteiger charge is 2.31. The largest absolute Gasteiger partial charge is 0.493 e. The minimum Gasteiger partial charge on any atom is -0.493 e. The predicted molar refractivity (Wildman–Crippen MR) is 145 cm³/mol. The Kier molecular flexibility index (Phi) is 10.4. The number of methoxy groups -OCH3 is 2. The van der Waals surface area contributed by atoms with Crippen molar-refractivity contribution >= 4 is 30.5 Å². The maximum atomic E-state index is 6.48. The van der Waals surface area contributed by atoms with Crippen molar-refractivity contribution in [3.05, 3.63) is 53.1 Å². The number of hydrogen-bond donors (Lipinski definition) is 0. The number of benzene rings is 2. The molecule has 1 atom stereocenters. The lowest BCUT2D eigenvalue weighted by atomic mass is 9.85. The van der Waals surface area contributed by atoms with Crippen LogP contribution in [0.3, 0.4) is 0 Å². The molecule has 2 aromatic rings. The summed E-state index contributed by atoms with van der Waals surface area (Å²) in [5.41, 5.74) is 5.40. The Morgan fingerprint density at radius 1 is 0.971 bits per heavy atom. The molecule has 0 radical (unpaired) electrons. The molecular weight excluding hydrogens is 471 g/mol. The van der Waals surface area contributed by atoms with Crippen LogP contribution in [0.2, 0.25) is 0 Å². The minimum absolute atomic E-state index is 0. The van der Waals surface area contributed by atoms with Gasteiger partial charge in [-0.1, -0.05) is 32.0 Å². The van der Waals surface area contributed by atoms with E-state index in [1.54, 1.807) is 14.2 Å². The van der Waals surface area contributed by atoms with Crippen molar-refractivity contribution in [1.29, 1.82) is 0 Å². The fourth-order valence-electron chi connectivity index (χ4n) is 5.04. The number of ether oxygens (including phenoxy) is 3. The summed E-state index contributed by atoms with van der Waals surface area (Å²) in [5, 5.41) is 0. The van der Waals surface area contributed by atoms with Crippen LogP contribution in [0.1, 0.15) is 43.1 Å². The van der Waals surface area contributed by atoms with E-state index in [0.717, 1.165) is 63.7 Å². The minimum atomic E-state index is 0. The molecule has 0 saturated carbocycles. The lowest BCUT2D eigenvalue weighted by Crippen LogP contribution is -2.47. The third-order valence-electron chi connectivity index (χ3n) is 6.87. The van der Waals surface area contributed by atoms with Crippen LogP contribution in [0.4, 0.5) is 5.69 Å². The molecule has 34 heavy (non-hydrogen) atoms. The quantitative estimate of drug-likeness (QED) is 0.497. The molecule has 2 aromatic carbocycles. The van der Waals surface area contributed by atoms with Gasteiger partial charge in [0, 0.05) is 38.4 Å². The number of nitrogens with zero attached hydrogens (tertiary/aromatic N) is 2. The molecule has 1 fully saturated rings. The number of anilines is 1. The molecule has 190 valence electrons. The van der Waals surface area contributed by atoms with E-state index in [2.05, 4.69) is 67.0 Å². The van der Waals surface area contributed by atoms with E-state index in [1.165, 1.54) is 22.4 Å². The number of fused-ring (bicyclic) bond motifs is 1. The molecule has 0 spiro atoms. The zero-order chi connectivity index (χ0) is 22.7. The third-order valence-corrected chi connectivity index (χ3v) is 6.87. The van der Waals surface area contributed by atoms with Gasteiger partial charge in [0.05, 0.1) is 26.9 Å². The van der Waals surface area contributed by atoms with Crippen LogP contribution >= 0.6 is 24.8 Å². The monoisotopic (exact) mass is 510 g/mol. The van der Waals surface area contributed by atoms with E-state index in [4.69, 9.17) is 14.2 Å². The van der Waals surface area contributed by atoms with Crippen molar-refractivity contribution in [2.75, 3.05) is 58.5 Å². The van der Waals surface area contributed by atoms with Gasteiger partial charge in [-0.05, 0) is 60.1 Å². The van der Waals surface area contributed by atoms with Crippen molar-refractivity contribution in [2.24, 2.45) is 5.41 Å². The van der Waals surface area contributed by atoms with Crippen LogP contribution in [0.5, 0.6) is 11.5 Å². The maximum absolute atomic E-state index is 6.48. The zero-order valence-corrected chi connectivity index (χ0v) is 22.8. The van der Waals surface area contributed by atoms with Gasteiger partial charge >= 0.3 is 0 Å². The number of aryl methyl sites for hydroxylation is 1. The third kappa shape index (κ3) is 6.51. The zero-order valence-electron chi connectivity index (χ0n) is 21.1. The van der Waals surface area contributed by atoms with Crippen molar-refractivity contribution in [2.45, 2.75) is 39.7 Å². The Hall–Kier alpha value is -1.66. The molecule has 0 N–H and O–H groups in total. The van der Waals surface area contributed by atoms with Crippen LogP contribution in [-0.2, 0) is 11.2 Å². The molecule has 1 unspecified atom stereocenters. The maximum Gasteiger partial charge on any atom is 0.161 e. The summed E-state index contributed by atoms with van der Waals surface area (Å²) in [4.78, 5) is 5.09. The van der Waals surface area contributed by atoms with E-state index in [0.29, 0.717) is 0 Å². The molecule has 5 nitrogen and oxygen atoms in total. The van der Waals surface area contributed by atoms with Crippen LogP contribution in [0.25, 0.3) is 0 Å². The molecule has 1 saturated heterocycles. The van der Waals surface area contributed by atoms with Crippen LogP contribution in [0.15, 0.2) is 36.4 Å². The average Bonchev–Trinajstić information content (AvgIpc) is 2.92. The van der Waals surface area contributed by atoms with Crippen LogP contribution in [-0.4, -0.2) is 58.5 Å². The Labute approximate surface area is 217 Å². The standard InChI is InChI=1S/C27H38N2O3.2ClH/c1-20-8-6-7-9-23(20)29-14-12-28(13-15-29)11-10-24-22-17-26(31-5)25(30-4)16-21(22)18-27(2,3)19-32-24;;/h6-9,16-17,24H,10-15,18-19H2,1-5H3;2*1H. The summed E-state index contributed by atoms with van der Waals surface area (Å²) in [5.74, 6) is 1.58. The first-order chi connectivity index (χ1) is 15.4. The molecule has 7 heteroatoms. The van der Waals surface area contributed by atoms with Crippen molar-refractivity contribution in [1.82, 2.24) is 4.90 Å². The van der Waals surface area contributed by atoms with Gasteiger partial charge < -0.3 is 19.1 Å². The van der Waals surface area contributed by atoms with E-state index in [-0.39, 0.29) is 36.3 Å².